The fourth-order valence-electron chi connectivity index (χ4n) is 4.66. The van der Waals surface area contributed by atoms with Gasteiger partial charge in [-0.25, -0.2) is 10.3 Å². The Morgan fingerprint density at radius 1 is 0.912 bits per heavy atom. The van der Waals surface area contributed by atoms with Gasteiger partial charge in [-0.3, -0.25) is 19.7 Å². The zero-order valence-electron chi connectivity index (χ0n) is 18.6. The molecule has 34 heavy (non-hydrogen) atoms. The van der Waals surface area contributed by atoms with Crippen molar-refractivity contribution in [3.8, 4) is 0 Å². The first-order valence-corrected chi connectivity index (χ1v) is 12.1. The van der Waals surface area contributed by atoms with Crippen LogP contribution in [0.1, 0.15) is 6.42 Å². The van der Waals surface area contributed by atoms with E-state index >= 15 is 0 Å². The summed E-state index contributed by atoms with van der Waals surface area (Å²) >= 11 is 1.47. The normalized spacial score (nSPS) is 22.9. The summed E-state index contributed by atoms with van der Waals surface area (Å²) in [5.74, 6) is -2.13. The summed E-state index contributed by atoms with van der Waals surface area (Å²) in [5.41, 5.74) is 2.72. The maximum absolute atomic E-state index is 13.5. The van der Waals surface area contributed by atoms with Crippen molar-refractivity contribution in [2.45, 2.75) is 22.6 Å². The minimum Gasteiger partial charge on any atom is -0.465 e. The van der Waals surface area contributed by atoms with Crippen LogP contribution in [0.3, 0.4) is 0 Å². The van der Waals surface area contributed by atoms with Crippen LogP contribution in [0.15, 0.2) is 65.6 Å². The second kappa shape index (κ2) is 10.8. The van der Waals surface area contributed by atoms with E-state index in [1.807, 2.05) is 60.7 Å². The van der Waals surface area contributed by atoms with E-state index in [0.717, 1.165) is 15.5 Å². The summed E-state index contributed by atoms with van der Waals surface area (Å²) in [7, 11) is 0. The number of piperazine rings is 1. The highest BCUT2D eigenvalue weighted by atomic mass is 32.2. The molecule has 2 fully saturated rings. The van der Waals surface area contributed by atoms with Gasteiger partial charge in [-0.2, -0.15) is 0 Å². The van der Waals surface area contributed by atoms with Gasteiger partial charge in [0.2, 0.25) is 11.8 Å². The van der Waals surface area contributed by atoms with E-state index in [9.17, 15) is 24.7 Å². The van der Waals surface area contributed by atoms with Crippen LogP contribution in [-0.4, -0.2) is 82.0 Å². The number of rotatable bonds is 5. The minimum atomic E-state index is -1.25. The largest absolute Gasteiger partial charge is 0.465 e. The van der Waals surface area contributed by atoms with Gasteiger partial charge in [0.15, 0.2) is 0 Å². The van der Waals surface area contributed by atoms with Crippen LogP contribution < -0.4 is 10.4 Å². The quantitative estimate of drug-likeness (QED) is 0.441. The minimum absolute atomic E-state index is 0.116. The Hall–Kier alpha value is -3.24. The van der Waals surface area contributed by atoms with Gasteiger partial charge in [0, 0.05) is 48.6 Å². The zero-order chi connectivity index (χ0) is 24.1. The number of carboxylic acid groups (broad SMARTS) is 1. The third-order valence-corrected chi connectivity index (χ3v) is 7.56. The van der Waals surface area contributed by atoms with Crippen LogP contribution in [0.5, 0.6) is 0 Å². The van der Waals surface area contributed by atoms with Crippen molar-refractivity contribution in [2.24, 2.45) is 5.92 Å². The third kappa shape index (κ3) is 5.28. The second-order valence-electron chi connectivity index (χ2n) is 8.40. The zero-order valence-corrected chi connectivity index (χ0v) is 19.4. The highest BCUT2D eigenvalue weighted by molar-refractivity contribution is 8.00. The Balaban J connectivity index is 1.50. The molecular formula is C24H28N4O5S. The highest BCUT2D eigenvalue weighted by Gasteiger charge is 2.48. The third-order valence-electron chi connectivity index (χ3n) is 6.34. The molecule has 0 radical (unpaired) electrons. The number of nitrogens with one attached hydrogen (secondary N) is 1. The molecule has 9 nitrogen and oxygen atoms in total. The Labute approximate surface area is 202 Å². The number of benzene rings is 2. The summed E-state index contributed by atoms with van der Waals surface area (Å²) in [6.45, 7) is 2.18. The van der Waals surface area contributed by atoms with Crippen molar-refractivity contribution < 1.29 is 24.7 Å². The number of para-hydroxylation sites is 1. The summed E-state index contributed by atoms with van der Waals surface area (Å²) < 4.78 is 0. The maximum Gasteiger partial charge on any atom is 0.408 e. The van der Waals surface area contributed by atoms with Gasteiger partial charge in [-0.05, 0) is 30.7 Å². The number of carbonyl (C=O) groups excluding carboxylic acids is 2. The lowest BCUT2D eigenvalue weighted by molar-refractivity contribution is -0.148. The van der Waals surface area contributed by atoms with Crippen molar-refractivity contribution >= 4 is 35.4 Å². The Bertz CT molecular complexity index is 1000. The van der Waals surface area contributed by atoms with Gasteiger partial charge in [-0.15, -0.1) is 11.8 Å². The number of nitrogens with zero attached hydrogens (tertiary/aromatic N) is 3. The average molecular weight is 485 g/mol. The number of hydrogen-bond acceptors (Lipinski definition) is 6. The van der Waals surface area contributed by atoms with Crippen molar-refractivity contribution in [2.75, 3.05) is 37.6 Å². The summed E-state index contributed by atoms with van der Waals surface area (Å²) in [6, 6.07) is 18.2. The van der Waals surface area contributed by atoms with Gasteiger partial charge >= 0.3 is 6.09 Å². The molecule has 2 aromatic carbocycles. The lowest BCUT2D eigenvalue weighted by Crippen LogP contribution is -2.63. The van der Waals surface area contributed by atoms with E-state index in [1.165, 1.54) is 11.8 Å². The van der Waals surface area contributed by atoms with Gasteiger partial charge in [0.25, 0.3) is 0 Å². The summed E-state index contributed by atoms with van der Waals surface area (Å²) in [5, 5.41) is 19.1. The molecule has 0 unspecified atom stereocenters. The molecule has 2 aliphatic rings. The molecule has 10 heteroatoms. The van der Waals surface area contributed by atoms with Crippen LogP contribution in [0.25, 0.3) is 0 Å². The van der Waals surface area contributed by atoms with Crippen LogP contribution in [0.2, 0.25) is 0 Å². The first-order chi connectivity index (χ1) is 16.5. The molecule has 0 spiro atoms. The molecule has 2 saturated heterocycles. The van der Waals surface area contributed by atoms with E-state index in [0.29, 0.717) is 26.2 Å². The number of piperidine rings is 1. The topological polar surface area (TPSA) is 113 Å². The number of likely N-dealkylation sites (tertiary alicyclic amines) is 1. The predicted octanol–water partition coefficient (Wildman–Crippen LogP) is 2.37. The van der Waals surface area contributed by atoms with Gasteiger partial charge in [0.05, 0.1) is 5.92 Å². The number of hydroxylamine groups is 1. The van der Waals surface area contributed by atoms with E-state index < -0.39 is 29.9 Å². The Morgan fingerprint density at radius 2 is 1.53 bits per heavy atom. The number of anilines is 1. The molecule has 180 valence electrons. The van der Waals surface area contributed by atoms with E-state index in [1.54, 1.807) is 10.4 Å². The monoisotopic (exact) mass is 484 g/mol. The van der Waals surface area contributed by atoms with E-state index in [2.05, 4.69) is 4.90 Å². The van der Waals surface area contributed by atoms with Crippen LogP contribution in [-0.2, 0) is 9.59 Å². The average Bonchev–Trinajstić information content (AvgIpc) is 2.88. The molecule has 0 saturated carbocycles. The van der Waals surface area contributed by atoms with Crippen LogP contribution in [0.4, 0.5) is 10.5 Å². The van der Waals surface area contributed by atoms with Crippen molar-refractivity contribution in [1.82, 2.24) is 15.3 Å². The Morgan fingerprint density at radius 3 is 2.12 bits per heavy atom. The number of hydrogen-bond donors (Lipinski definition) is 3. The van der Waals surface area contributed by atoms with Gasteiger partial charge in [-0.1, -0.05) is 36.4 Å². The van der Waals surface area contributed by atoms with E-state index in [-0.39, 0.29) is 18.2 Å². The van der Waals surface area contributed by atoms with Crippen LogP contribution >= 0.6 is 11.8 Å². The van der Waals surface area contributed by atoms with Gasteiger partial charge < -0.3 is 14.9 Å². The molecule has 2 heterocycles. The van der Waals surface area contributed by atoms with Crippen molar-refractivity contribution in [3.05, 3.63) is 60.7 Å². The number of amides is 3. The van der Waals surface area contributed by atoms with Crippen LogP contribution in [0, 0.1) is 5.92 Å². The SMILES string of the molecule is O=C(NO)[C@H]1C[C@H](Sc2ccccc2)CN(C(=O)O)[C@@H]1C(=O)N1CCN(c2ccccc2)CC1. The lowest BCUT2D eigenvalue weighted by Gasteiger charge is -2.44. The molecule has 0 aliphatic carbocycles. The number of carbonyl (C=O) groups is 3. The second-order valence-corrected chi connectivity index (χ2v) is 9.77. The molecule has 0 bridgehead atoms. The molecule has 4 rings (SSSR count). The van der Waals surface area contributed by atoms with E-state index in [4.69, 9.17) is 0 Å². The fourth-order valence-corrected chi connectivity index (χ4v) is 5.90. The predicted molar refractivity (Wildman–Crippen MR) is 128 cm³/mol. The smallest absolute Gasteiger partial charge is 0.408 e. The Kier molecular flexibility index (Phi) is 7.59. The molecule has 3 amide bonds. The first kappa shape index (κ1) is 23.9. The van der Waals surface area contributed by atoms with Gasteiger partial charge in [0.1, 0.15) is 6.04 Å². The highest BCUT2D eigenvalue weighted by Crippen LogP contribution is 2.35. The van der Waals surface area contributed by atoms with Crippen molar-refractivity contribution in [1.29, 1.82) is 0 Å². The summed E-state index contributed by atoms with van der Waals surface area (Å²) in [4.78, 5) is 44.1. The lowest BCUT2D eigenvalue weighted by atomic mass is 9.87. The molecule has 2 aliphatic heterocycles. The first-order valence-electron chi connectivity index (χ1n) is 11.2. The molecular weight excluding hydrogens is 456 g/mol. The maximum atomic E-state index is 13.5. The van der Waals surface area contributed by atoms with Crippen molar-refractivity contribution in [3.63, 3.8) is 0 Å². The molecule has 0 aromatic heterocycles. The molecule has 3 atom stereocenters. The fraction of sp³-hybridized carbons (Fsp3) is 0.375. The molecule has 3 N–H and O–H groups in total. The summed E-state index contributed by atoms with van der Waals surface area (Å²) in [6.07, 6.45) is -0.980. The number of thioether (sulfide) groups is 1. The molecule has 2 aromatic rings. The standard InChI is InChI=1S/C24H28N4O5S/c29-22(25-33)20-15-19(34-18-9-5-2-6-10-18)16-28(24(31)32)21(20)23(30)27-13-11-26(12-14-27)17-7-3-1-4-8-17/h1-10,19-21,33H,11-16H2,(H,25,29)(H,31,32)/t19-,20-,21-/m0/s1.